The molecule has 0 spiro atoms. The van der Waals surface area contributed by atoms with Gasteiger partial charge in [-0.1, -0.05) is 6.92 Å². The number of hydrogen-bond acceptors (Lipinski definition) is 3. The summed E-state index contributed by atoms with van der Waals surface area (Å²) in [4.78, 5) is 0. The van der Waals surface area contributed by atoms with Crippen LogP contribution in [0.2, 0.25) is 0 Å². The van der Waals surface area contributed by atoms with Crippen molar-refractivity contribution in [1.29, 1.82) is 0 Å². The lowest BCUT2D eigenvalue weighted by Crippen LogP contribution is -2.18. The van der Waals surface area contributed by atoms with Gasteiger partial charge in [0, 0.05) is 11.4 Å². The summed E-state index contributed by atoms with van der Waals surface area (Å²) in [6.45, 7) is 8.09. The Morgan fingerprint density at radius 3 is 2.55 bits per heavy atom. The summed E-state index contributed by atoms with van der Waals surface area (Å²) in [5.74, 6) is -0.00101. The molecule has 0 aliphatic carbocycles. The van der Waals surface area contributed by atoms with Crippen LogP contribution in [0.3, 0.4) is 0 Å². The van der Waals surface area contributed by atoms with Gasteiger partial charge in [0.15, 0.2) is 0 Å². The van der Waals surface area contributed by atoms with E-state index in [-0.39, 0.29) is 17.5 Å². The van der Waals surface area contributed by atoms with Crippen molar-refractivity contribution in [3.8, 4) is 0 Å². The number of halogens is 3. The van der Waals surface area contributed by atoms with E-state index in [0.717, 1.165) is 42.9 Å². The average Bonchev–Trinajstić information content (AvgIpc) is 2.60. The fourth-order valence-electron chi connectivity index (χ4n) is 2.08. The molecule has 0 aliphatic rings. The van der Waals surface area contributed by atoms with Crippen LogP contribution in [0.5, 0.6) is 0 Å². The molecule has 3 nitrogen and oxygen atoms in total. The van der Waals surface area contributed by atoms with Crippen molar-refractivity contribution in [3.05, 3.63) is 17.0 Å². The van der Waals surface area contributed by atoms with E-state index in [4.69, 9.17) is 0 Å². The van der Waals surface area contributed by atoms with Crippen LogP contribution in [0.25, 0.3) is 0 Å². The maximum Gasteiger partial charge on any atom is 0.441 e. The molecular formula is C13H22F3N3S. The van der Waals surface area contributed by atoms with Crippen LogP contribution >= 0.6 is 11.8 Å². The van der Waals surface area contributed by atoms with Gasteiger partial charge in [0.25, 0.3) is 0 Å². The molecule has 0 saturated carbocycles. The van der Waals surface area contributed by atoms with Gasteiger partial charge in [0.1, 0.15) is 0 Å². The van der Waals surface area contributed by atoms with Crippen molar-refractivity contribution in [2.75, 3.05) is 18.8 Å². The van der Waals surface area contributed by atoms with Crippen molar-refractivity contribution in [1.82, 2.24) is 15.1 Å². The molecule has 0 radical (unpaired) electrons. The van der Waals surface area contributed by atoms with Gasteiger partial charge in [-0.05, 0) is 57.1 Å². The lowest BCUT2D eigenvalue weighted by molar-refractivity contribution is -0.0328. The molecule has 1 heterocycles. The van der Waals surface area contributed by atoms with Crippen molar-refractivity contribution >= 4 is 11.8 Å². The van der Waals surface area contributed by atoms with E-state index in [1.807, 2.05) is 13.8 Å². The highest BCUT2D eigenvalue weighted by Gasteiger charge is 2.27. The molecule has 1 N–H and O–H groups in total. The zero-order chi connectivity index (χ0) is 15.2. The van der Waals surface area contributed by atoms with E-state index in [1.165, 1.54) is 0 Å². The van der Waals surface area contributed by atoms with Gasteiger partial charge in [-0.15, -0.1) is 0 Å². The maximum atomic E-state index is 12.1. The zero-order valence-electron chi connectivity index (χ0n) is 12.2. The van der Waals surface area contributed by atoms with Crippen LogP contribution in [0.4, 0.5) is 13.2 Å². The third kappa shape index (κ3) is 5.75. The van der Waals surface area contributed by atoms with Gasteiger partial charge in [0.05, 0.1) is 12.2 Å². The predicted molar refractivity (Wildman–Crippen MR) is 77.1 cm³/mol. The van der Waals surface area contributed by atoms with E-state index >= 15 is 0 Å². The largest absolute Gasteiger partial charge is 0.441 e. The summed E-state index contributed by atoms with van der Waals surface area (Å²) in [7, 11) is 0. The van der Waals surface area contributed by atoms with Gasteiger partial charge in [-0.3, -0.25) is 4.68 Å². The second-order valence-electron chi connectivity index (χ2n) is 4.67. The number of alkyl halides is 3. The first kappa shape index (κ1) is 17.4. The van der Waals surface area contributed by atoms with Gasteiger partial charge in [-0.25, -0.2) is 0 Å². The molecule has 0 aliphatic heterocycles. The summed E-state index contributed by atoms with van der Waals surface area (Å²) in [6, 6.07) is 0. The van der Waals surface area contributed by atoms with Gasteiger partial charge in [-0.2, -0.15) is 18.3 Å². The Bertz CT molecular complexity index is 416. The number of rotatable bonds is 8. The number of aryl methyl sites for hydroxylation is 2. The Kier molecular flexibility index (Phi) is 6.88. The lowest BCUT2D eigenvalue weighted by atomic mass is 10.1. The molecule has 7 heteroatoms. The number of hydrogen-bond donors (Lipinski definition) is 1. The van der Waals surface area contributed by atoms with Crippen molar-refractivity contribution in [3.63, 3.8) is 0 Å². The molecule has 116 valence electrons. The van der Waals surface area contributed by atoms with E-state index < -0.39 is 5.51 Å². The second-order valence-corrected chi connectivity index (χ2v) is 5.83. The fraction of sp³-hybridized carbons (Fsp3) is 0.769. The summed E-state index contributed by atoms with van der Waals surface area (Å²) in [6.07, 6.45) is 1.95. The minimum atomic E-state index is -4.16. The third-order valence-electron chi connectivity index (χ3n) is 3.08. The molecule has 0 amide bonds. The third-order valence-corrected chi connectivity index (χ3v) is 3.79. The normalized spacial score (nSPS) is 12.1. The zero-order valence-corrected chi connectivity index (χ0v) is 13.0. The first-order chi connectivity index (χ1) is 9.35. The van der Waals surface area contributed by atoms with E-state index in [0.29, 0.717) is 6.54 Å². The molecule has 0 atom stereocenters. The highest BCUT2D eigenvalue weighted by Crippen LogP contribution is 2.30. The molecule has 1 aromatic rings. The van der Waals surface area contributed by atoms with Crippen molar-refractivity contribution in [2.45, 2.75) is 45.7 Å². The first-order valence-electron chi connectivity index (χ1n) is 6.79. The van der Waals surface area contributed by atoms with Crippen LogP contribution < -0.4 is 5.32 Å². The number of aromatic nitrogens is 2. The van der Waals surface area contributed by atoms with Gasteiger partial charge in [0.2, 0.25) is 0 Å². The van der Waals surface area contributed by atoms with Crippen LogP contribution in [0.1, 0.15) is 30.3 Å². The molecule has 0 bridgehead atoms. The second kappa shape index (κ2) is 7.93. The molecule has 1 aromatic heterocycles. The fourth-order valence-corrected chi connectivity index (χ4v) is 2.57. The standard InChI is InChI=1S/C13H22F3N3S/c1-4-6-17-7-5-12-10(2)18-19(11(12)3)8-9-20-13(14,15)16/h17H,4-9H2,1-3H3. The number of thioether (sulfide) groups is 1. The summed E-state index contributed by atoms with van der Waals surface area (Å²) >= 11 is 0.00350. The quantitative estimate of drug-likeness (QED) is 0.747. The molecule has 0 unspecified atom stereocenters. The Morgan fingerprint density at radius 2 is 1.95 bits per heavy atom. The van der Waals surface area contributed by atoms with Crippen LogP contribution in [-0.2, 0) is 13.0 Å². The van der Waals surface area contributed by atoms with Crippen molar-refractivity contribution < 1.29 is 13.2 Å². The first-order valence-corrected chi connectivity index (χ1v) is 7.78. The highest BCUT2D eigenvalue weighted by atomic mass is 32.2. The Balaban J connectivity index is 2.53. The Labute approximate surface area is 122 Å². The Morgan fingerprint density at radius 1 is 1.25 bits per heavy atom. The summed E-state index contributed by atoms with van der Waals surface area (Å²) < 4.78 is 38.0. The summed E-state index contributed by atoms with van der Waals surface area (Å²) in [5.41, 5.74) is -1.13. The van der Waals surface area contributed by atoms with Crippen LogP contribution in [0.15, 0.2) is 0 Å². The van der Waals surface area contributed by atoms with E-state index in [2.05, 4.69) is 17.3 Å². The molecule has 0 fully saturated rings. The highest BCUT2D eigenvalue weighted by molar-refractivity contribution is 8.00. The van der Waals surface area contributed by atoms with Crippen molar-refractivity contribution in [2.24, 2.45) is 0 Å². The topological polar surface area (TPSA) is 29.9 Å². The van der Waals surface area contributed by atoms with E-state index in [1.54, 1.807) is 4.68 Å². The van der Waals surface area contributed by atoms with Crippen LogP contribution in [0, 0.1) is 13.8 Å². The Hall–Kier alpha value is -0.690. The molecule has 1 rings (SSSR count). The monoisotopic (exact) mass is 309 g/mol. The average molecular weight is 309 g/mol. The van der Waals surface area contributed by atoms with Crippen LogP contribution in [-0.4, -0.2) is 34.1 Å². The lowest BCUT2D eigenvalue weighted by Gasteiger charge is -2.08. The molecule has 20 heavy (non-hydrogen) atoms. The number of nitrogens with zero attached hydrogens (tertiary/aromatic N) is 2. The molecule has 0 aromatic carbocycles. The minimum Gasteiger partial charge on any atom is -0.316 e. The SMILES string of the molecule is CCCNCCc1c(C)nn(CCSC(F)(F)F)c1C. The van der Waals surface area contributed by atoms with Gasteiger partial charge < -0.3 is 5.32 Å². The molecule has 0 saturated heterocycles. The molecular weight excluding hydrogens is 287 g/mol. The van der Waals surface area contributed by atoms with Gasteiger partial charge >= 0.3 is 5.51 Å². The van der Waals surface area contributed by atoms with E-state index in [9.17, 15) is 13.2 Å². The number of nitrogens with one attached hydrogen (secondary N) is 1. The smallest absolute Gasteiger partial charge is 0.316 e. The maximum absolute atomic E-state index is 12.1. The summed E-state index contributed by atoms with van der Waals surface area (Å²) in [5, 5.41) is 7.66. The minimum absolute atomic E-state index is 0.00101. The predicted octanol–water partition coefficient (Wildman–Crippen LogP) is 3.30.